The van der Waals surface area contributed by atoms with Gasteiger partial charge in [-0.1, -0.05) is 18.2 Å². The fourth-order valence-corrected chi connectivity index (χ4v) is 4.62. The third kappa shape index (κ3) is 4.05. The molecule has 3 aromatic rings. The molecule has 1 amide bonds. The third-order valence-electron chi connectivity index (χ3n) is 5.21. The highest BCUT2D eigenvalue weighted by molar-refractivity contribution is 7.10. The zero-order chi connectivity index (χ0) is 18.1. The van der Waals surface area contributed by atoms with E-state index in [4.69, 9.17) is 4.42 Å². The van der Waals surface area contributed by atoms with E-state index in [1.54, 1.807) is 11.3 Å². The van der Waals surface area contributed by atoms with Crippen LogP contribution in [-0.2, 0) is 0 Å². The topological polar surface area (TPSA) is 45.5 Å². The molecule has 0 spiro atoms. The zero-order valence-corrected chi connectivity index (χ0v) is 17.3. The first-order chi connectivity index (χ1) is 12.6. The van der Waals surface area contributed by atoms with E-state index in [2.05, 4.69) is 27.7 Å². The van der Waals surface area contributed by atoms with Gasteiger partial charge in [-0.2, -0.15) is 0 Å². The molecule has 27 heavy (non-hydrogen) atoms. The lowest BCUT2D eigenvalue weighted by Crippen LogP contribution is -2.36. The second-order valence-electron chi connectivity index (χ2n) is 7.04. The summed E-state index contributed by atoms with van der Waals surface area (Å²) in [5.41, 5.74) is 2.82. The number of thiophene rings is 1. The number of furan rings is 1. The number of rotatable bonds is 5. The lowest BCUT2D eigenvalue weighted by Gasteiger charge is -2.26. The summed E-state index contributed by atoms with van der Waals surface area (Å²) in [7, 11) is 0. The van der Waals surface area contributed by atoms with Crippen molar-refractivity contribution in [3.63, 3.8) is 0 Å². The van der Waals surface area contributed by atoms with E-state index >= 15 is 0 Å². The molecular weight excluding hydrogens is 380 g/mol. The lowest BCUT2D eigenvalue weighted by atomic mass is 10.1. The van der Waals surface area contributed by atoms with Crippen LogP contribution in [0.25, 0.3) is 11.0 Å². The second-order valence-corrected chi connectivity index (χ2v) is 8.02. The third-order valence-corrected chi connectivity index (χ3v) is 6.18. The Bertz CT molecular complexity index is 914. The summed E-state index contributed by atoms with van der Waals surface area (Å²) >= 11 is 1.76. The molecule has 1 aliphatic rings. The minimum absolute atomic E-state index is 0. The lowest BCUT2D eigenvalue weighted by molar-refractivity contribution is 0.0912. The average Bonchev–Trinajstić information content (AvgIpc) is 3.37. The van der Waals surface area contributed by atoms with E-state index in [0.29, 0.717) is 12.3 Å². The fraction of sp³-hybridized carbons (Fsp3) is 0.381. The number of benzene rings is 1. The van der Waals surface area contributed by atoms with Crippen LogP contribution < -0.4 is 5.32 Å². The van der Waals surface area contributed by atoms with Gasteiger partial charge in [-0.15, -0.1) is 23.7 Å². The summed E-state index contributed by atoms with van der Waals surface area (Å²) in [6.45, 7) is 6.78. The maximum Gasteiger partial charge on any atom is 0.287 e. The zero-order valence-electron chi connectivity index (χ0n) is 15.7. The SMILES string of the molecule is Cc1ccc2c(C)c(C(=O)NCC(c3cccs3)N3CCCC3)oc2c1.Cl. The highest BCUT2D eigenvalue weighted by atomic mass is 35.5. The van der Waals surface area contributed by atoms with Gasteiger partial charge in [0.1, 0.15) is 5.58 Å². The standard InChI is InChI=1S/C21H24N2O2S.ClH/c1-14-7-8-16-15(2)20(25-18(16)12-14)21(24)22-13-17(19-6-5-11-26-19)23-9-3-4-10-23;/h5-8,11-12,17H,3-4,9-10,13H2,1-2H3,(H,22,24);1H. The van der Waals surface area contributed by atoms with Crippen molar-refractivity contribution in [2.75, 3.05) is 19.6 Å². The number of halogens is 1. The van der Waals surface area contributed by atoms with Crippen molar-refractivity contribution in [1.82, 2.24) is 10.2 Å². The molecule has 2 aromatic heterocycles. The highest BCUT2D eigenvalue weighted by Crippen LogP contribution is 2.29. The van der Waals surface area contributed by atoms with E-state index in [1.807, 2.05) is 32.0 Å². The summed E-state index contributed by atoms with van der Waals surface area (Å²) in [5.74, 6) is 0.300. The van der Waals surface area contributed by atoms with Crippen LogP contribution >= 0.6 is 23.7 Å². The molecule has 0 bridgehead atoms. The Balaban J connectivity index is 0.00000210. The van der Waals surface area contributed by atoms with Crippen molar-refractivity contribution >= 4 is 40.6 Å². The Morgan fingerprint density at radius 2 is 2.04 bits per heavy atom. The predicted molar refractivity (Wildman–Crippen MR) is 113 cm³/mol. The molecule has 144 valence electrons. The molecule has 4 nitrogen and oxygen atoms in total. The molecule has 1 N–H and O–H groups in total. The first kappa shape index (κ1) is 19.9. The van der Waals surface area contributed by atoms with Gasteiger partial charge in [0, 0.05) is 22.4 Å². The quantitative estimate of drug-likeness (QED) is 0.643. The van der Waals surface area contributed by atoms with Gasteiger partial charge in [-0.05, 0) is 62.9 Å². The fourth-order valence-electron chi connectivity index (χ4n) is 3.76. The largest absolute Gasteiger partial charge is 0.451 e. The smallest absolute Gasteiger partial charge is 0.287 e. The van der Waals surface area contributed by atoms with Gasteiger partial charge in [0.2, 0.25) is 0 Å². The average molecular weight is 405 g/mol. The van der Waals surface area contributed by atoms with Crippen molar-refractivity contribution in [2.24, 2.45) is 0 Å². The first-order valence-electron chi connectivity index (χ1n) is 9.19. The van der Waals surface area contributed by atoms with Crippen molar-refractivity contribution in [3.8, 4) is 0 Å². The van der Waals surface area contributed by atoms with Gasteiger partial charge >= 0.3 is 0 Å². The molecule has 1 aliphatic heterocycles. The predicted octanol–water partition coefficient (Wildman–Crippen LogP) is 5.10. The molecule has 0 radical (unpaired) electrons. The molecule has 1 saturated heterocycles. The number of amides is 1. The molecule has 0 aliphatic carbocycles. The monoisotopic (exact) mass is 404 g/mol. The number of hydrogen-bond acceptors (Lipinski definition) is 4. The van der Waals surface area contributed by atoms with Gasteiger partial charge < -0.3 is 9.73 Å². The maximum atomic E-state index is 12.8. The van der Waals surface area contributed by atoms with Crippen LogP contribution in [0.4, 0.5) is 0 Å². The molecule has 3 heterocycles. The number of nitrogens with one attached hydrogen (secondary N) is 1. The number of likely N-dealkylation sites (tertiary alicyclic amines) is 1. The Hall–Kier alpha value is -1.82. The summed E-state index contributed by atoms with van der Waals surface area (Å²) in [4.78, 5) is 16.6. The van der Waals surface area contributed by atoms with Crippen LogP contribution in [0.3, 0.4) is 0 Å². The van der Waals surface area contributed by atoms with Crippen molar-refractivity contribution < 1.29 is 9.21 Å². The molecule has 4 rings (SSSR count). The normalized spacial score (nSPS) is 15.6. The Morgan fingerprint density at radius 1 is 1.26 bits per heavy atom. The van der Waals surface area contributed by atoms with Crippen LogP contribution in [0.1, 0.15) is 45.4 Å². The van der Waals surface area contributed by atoms with Crippen LogP contribution in [0, 0.1) is 13.8 Å². The van der Waals surface area contributed by atoms with Gasteiger partial charge in [0.05, 0.1) is 6.04 Å². The van der Waals surface area contributed by atoms with Gasteiger partial charge in [-0.3, -0.25) is 9.69 Å². The van der Waals surface area contributed by atoms with E-state index in [9.17, 15) is 4.79 Å². The van der Waals surface area contributed by atoms with E-state index in [-0.39, 0.29) is 24.4 Å². The van der Waals surface area contributed by atoms with E-state index in [0.717, 1.165) is 35.2 Å². The second kappa shape index (κ2) is 8.46. The first-order valence-corrected chi connectivity index (χ1v) is 10.1. The highest BCUT2D eigenvalue weighted by Gasteiger charge is 2.26. The molecule has 1 atom stereocenters. The number of aryl methyl sites for hydroxylation is 2. The summed E-state index contributed by atoms with van der Waals surface area (Å²) in [6.07, 6.45) is 2.47. The molecular formula is C21H25ClN2O2S. The molecule has 6 heteroatoms. The molecule has 1 aromatic carbocycles. The minimum Gasteiger partial charge on any atom is -0.451 e. The van der Waals surface area contributed by atoms with Gasteiger partial charge in [0.25, 0.3) is 5.91 Å². The number of fused-ring (bicyclic) bond motifs is 1. The molecule has 1 fully saturated rings. The van der Waals surface area contributed by atoms with Crippen LogP contribution in [0.5, 0.6) is 0 Å². The van der Waals surface area contributed by atoms with Crippen molar-refractivity contribution in [3.05, 3.63) is 57.5 Å². The summed E-state index contributed by atoms with van der Waals surface area (Å²) in [6, 6.07) is 10.5. The summed E-state index contributed by atoms with van der Waals surface area (Å²) < 4.78 is 5.87. The van der Waals surface area contributed by atoms with Crippen LogP contribution in [0.2, 0.25) is 0 Å². The minimum atomic E-state index is -0.128. The van der Waals surface area contributed by atoms with Gasteiger partial charge in [-0.25, -0.2) is 0 Å². The van der Waals surface area contributed by atoms with Crippen molar-refractivity contribution in [1.29, 1.82) is 0 Å². The summed E-state index contributed by atoms with van der Waals surface area (Å²) in [5, 5.41) is 6.23. The van der Waals surface area contributed by atoms with Gasteiger partial charge in [0.15, 0.2) is 5.76 Å². The molecule has 0 saturated carbocycles. The number of hydrogen-bond donors (Lipinski definition) is 1. The molecule has 1 unspecified atom stereocenters. The Kier molecular flexibility index (Phi) is 6.25. The Morgan fingerprint density at radius 3 is 2.74 bits per heavy atom. The maximum absolute atomic E-state index is 12.8. The Labute approximate surface area is 170 Å². The van der Waals surface area contributed by atoms with E-state index < -0.39 is 0 Å². The number of carbonyl (C=O) groups is 1. The van der Waals surface area contributed by atoms with Crippen LogP contribution in [-0.4, -0.2) is 30.4 Å². The van der Waals surface area contributed by atoms with E-state index in [1.165, 1.54) is 17.7 Å². The van der Waals surface area contributed by atoms with Crippen molar-refractivity contribution in [2.45, 2.75) is 32.7 Å². The number of carbonyl (C=O) groups excluding carboxylic acids is 1. The van der Waals surface area contributed by atoms with Crippen LogP contribution in [0.15, 0.2) is 40.1 Å². The number of nitrogens with zero attached hydrogens (tertiary/aromatic N) is 1.